The summed E-state index contributed by atoms with van der Waals surface area (Å²) in [6, 6.07) is 0. The zero-order chi connectivity index (χ0) is 9.78. The molecule has 1 N–H and O–H groups in total. The minimum Gasteiger partial charge on any atom is -0.298 e. The molecule has 0 bridgehead atoms. The maximum Gasteiger partial charge on any atom is -0.00122 e. The number of rotatable bonds is 10. The third-order valence-corrected chi connectivity index (χ3v) is 3.29. The SMILES string of the molecule is CCCCCCNPCCCCC. The highest BCUT2D eigenvalue weighted by molar-refractivity contribution is 7.35. The van der Waals surface area contributed by atoms with Gasteiger partial charge in [0.25, 0.3) is 0 Å². The second-order valence-electron chi connectivity index (χ2n) is 3.62. The average molecular weight is 203 g/mol. The lowest BCUT2D eigenvalue weighted by molar-refractivity contribution is 0.661. The molecule has 0 amide bonds. The highest BCUT2D eigenvalue weighted by atomic mass is 31.1. The Balaban J connectivity index is 2.76. The molecule has 0 aliphatic heterocycles. The van der Waals surface area contributed by atoms with Gasteiger partial charge >= 0.3 is 0 Å². The average Bonchev–Trinajstić information content (AvgIpc) is 2.16. The quantitative estimate of drug-likeness (QED) is 0.419. The molecule has 0 fully saturated rings. The number of hydrogen-bond acceptors (Lipinski definition) is 1. The summed E-state index contributed by atoms with van der Waals surface area (Å²) in [5, 5.41) is 3.53. The number of nitrogens with one attached hydrogen (secondary N) is 1. The van der Waals surface area contributed by atoms with Gasteiger partial charge in [0.15, 0.2) is 0 Å². The second kappa shape index (κ2) is 12.4. The number of hydrogen-bond donors (Lipinski definition) is 1. The fraction of sp³-hybridized carbons (Fsp3) is 1.00. The molecule has 0 aromatic heterocycles. The first-order chi connectivity index (χ1) is 6.41. The fourth-order valence-corrected chi connectivity index (χ4v) is 2.24. The van der Waals surface area contributed by atoms with E-state index in [9.17, 15) is 0 Å². The van der Waals surface area contributed by atoms with Crippen molar-refractivity contribution < 1.29 is 0 Å². The topological polar surface area (TPSA) is 12.0 Å². The predicted octanol–water partition coefficient (Wildman–Crippen LogP) is 3.94. The number of unbranched alkanes of at least 4 members (excludes halogenated alkanes) is 5. The molecule has 80 valence electrons. The Kier molecular flexibility index (Phi) is 12.8. The molecule has 0 aliphatic rings. The van der Waals surface area contributed by atoms with Crippen molar-refractivity contribution in [3.63, 3.8) is 0 Å². The van der Waals surface area contributed by atoms with E-state index in [1.54, 1.807) is 0 Å². The van der Waals surface area contributed by atoms with E-state index in [1.165, 1.54) is 57.7 Å². The molecule has 13 heavy (non-hydrogen) atoms. The molecule has 2 heteroatoms. The monoisotopic (exact) mass is 203 g/mol. The molecule has 0 aromatic rings. The van der Waals surface area contributed by atoms with Crippen molar-refractivity contribution in [2.45, 2.75) is 58.8 Å². The molecule has 1 nitrogen and oxygen atoms in total. The minimum absolute atomic E-state index is 1.00. The lowest BCUT2D eigenvalue weighted by Crippen LogP contribution is -2.04. The lowest BCUT2D eigenvalue weighted by Gasteiger charge is -2.03. The van der Waals surface area contributed by atoms with Crippen LogP contribution >= 0.6 is 8.73 Å². The summed E-state index contributed by atoms with van der Waals surface area (Å²) in [6.45, 7) is 5.77. The molecular formula is C11H26NP. The molecule has 0 spiro atoms. The zero-order valence-electron chi connectivity index (χ0n) is 9.36. The van der Waals surface area contributed by atoms with Crippen molar-refractivity contribution in [3.8, 4) is 0 Å². The molecule has 0 aromatic carbocycles. The van der Waals surface area contributed by atoms with E-state index in [2.05, 4.69) is 18.9 Å². The summed E-state index contributed by atoms with van der Waals surface area (Å²) >= 11 is 0. The van der Waals surface area contributed by atoms with E-state index in [4.69, 9.17) is 0 Å². The molecular weight excluding hydrogens is 177 g/mol. The van der Waals surface area contributed by atoms with Crippen LogP contribution in [-0.2, 0) is 0 Å². The van der Waals surface area contributed by atoms with Gasteiger partial charge in [-0.15, -0.1) is 0 Å². The van der Waals surface area contributed by atoms with Crippen molar-refractivity contribution in [1.82, 2.24) is 5.09 Å². The van der Waals surface area contributed by atoms with Crippen LogP contribution in [0.4, 0.5) is 0 Å². The molecule has 0 radical (unpaired) electrons. The van der Waals surface area contributed by atoms with Crippen molar-refractivity contribution in [2.75, 3.05) is 12.7 Å². The van der Waals surface area contributed by atoms with Gasteiger partial charge in [0.2, 0.25) is 0 Å². The Bertz CT molecular complexity index is 76.2. The van der Waals surface area contributed by atoms with Gasteiger partial charge in [-0.05, 0) is 25.5 Å². The van der Waals surface area contributed by atoms with Crippen LogP contribution in [0.1, 0.15) is 58.8 Å². The summed E-state index contributed by atoms with van der Waals surface area (Å²) in [6.07, 6.45) is 11.1. The lowest BCUT2D eigenvalue weighted by atomic mass is 10.2. The standard InChI is InChI=1S/C11H26NP/c1-3-5-7-8-10-12-13-11-9-6-4-2/h12-13H,3-11H2,1-2H3. The van der Waals surface area contributed by atoms with Crippen molar-refractivity contribution in [3.05, 3.63) is 0 Å². The van der Waals surface area contributed by atoms with Crippen molar-refractivity contribution in [2.24, 2.45) is 0 Å². The van der Waals surface area contributed by atoms with Gasteiger partial charge in [0, 0.05) is 0 Å². The van der Waals surface area contributed by atoms with Crippen LogP contribution in [0.5, 0.6) is 0 Å². The highest BCUT2D eigenvalue weighted by Crippen LogP contribution is 2.08. The Labute approximate surface area is 85.9 Å². The first kappa shape index (κ1) is 13.4. The summed E-state index contributed by atoms with van der Waals surface area (Å²) in [5.41, 5.74) is 0. The Morgan fingerprint density at radius 2 is 1.54 bits per heavy atom. The van der Waals surface area contributed by atoms with E-state index in [0.29, 0.717) is 0 Å². The minimum atomic E-state index is 1.00. The summed E-state index contributed by atoms with van der Waals surface area (Å²) in [5.74, 6) is 0. The van der Waals surface area contributed by atoms with Gasteiger partial charge in [-0.25, -0.2) is 0 Å². The van der Waals surface area contributed by atoms with Gasteiger partial charge < -0.3 is 0 Å². The largest absolute Gasteiger partial charge is 0.298 e. The predicted molar refractivity (Wildman–Crippen MR) is 64.9 cm³/mol. The van der Waals surface area contributed by atoms with E-state index in [1.807, 2.05) is 0 Å². The molecule has 0 saturated carbocycles. The molecule has 0 aliphatic carbocycles. The first-order valence-electron chi connectivity index (χ1n) is 5.87. The maximum absolute atomic E-state index is 3.53. The van der Waals surface area contributed by atoms with Gasteiger partial charge in [-0.1, -0.05) is 54.7 Å². The fourth-order valence-electron chi connectivity index (χ4n) is 1.28. The van der Waals surface area contributed by atoms with Crippen LogP contribution in [0.3, 0.4) is 0 Å². The summed E-state index contributed by atoms with van der Waals surface area (Å²) < 4.78 is 0. The zero-order valence-corrected chi connectivity index (χ0v) is 10.4. The Morgan fingerprint density at radius 1 is 0.846 bits per heavy atom. The van der Waals surface area contributed by atoms with Crippen LogP contribution < -0.4 is 5.09 Å². The first-order valence-corrected chi connectivity index (χ1v) is 7.08. The molecule has 1 atom stereocenters. The summed E-state index contributed by atoms with van der Waals surface area (Å²) in [7, 11) is 1.00. The van der Waals surface area contributed by atoms with Crippen LogP contribution in [0.25, 0.3) is 0 Å². The maximum atomic E-state index is 3.53. The third kappa shape index (κ3) is 12.4. The smallest absolute Gasteiger partial charge is 0.00122 e. The second-order valence-corrected chi connectivity index (χ2v) is 4.83. The highest BCUT2D eigenvalue weighted by Gasteiger charge is 1.89. The molecule has 0 heterocycles. The Morgan fingerprint density at radius 3 is 2.23 bits per heavy atom. The van der Waals surface area contributed by atoms with E-state index in [0.717, 1.165) is 8.73 Å². The van der Waals surface area contributed by atoms with E-state index < -0.39 is 0 Å². The van der Waals surface area contributed by atoms with Gasteiger partial charge in [0.1, 0.15) is 0 Å². The normalized spacial score (nSPS) is 11.5. The third-order valence-electron chi connectivity index (χ3n) is 2.19. The summed E-state index contributed by atoms with van der Waals surface area (Å²) in [4.78, 5) is 0. The van der Waals surface area contributed by atoms with Crippen LogP contribution in [-0.4, -0.2) is 12.7 Å². The van der Waals surface area contributed by atoms with E-state index in [-0.39, 0.29) is 0 Å². The van der Waals surface area contributed by atoms with Crippen LogP contribution in [0, 0.1) is 0 Å². The van der Waals surface area contributed by atoms with Crippen molar-refractivity contribution >= 4 is 8.73 Å². The van der Waals surface area contributed by atoms with E-state index >= 15 is 0 Å². The molecule has 0 saturated heterocycles. The Hall–Kier alpha value is 0.390. The molecule has 0 rings (SSSR count). The van der Waals surface area contributed by atoms with Gasteiger partial charge in [-0.2, -0.15) is 0 Å². The van der Waals surface area contributed by atoms with Crippen LogP contribution in [0.2, 0.25) is 0 Å². The van der Waals surface area contributed by atoms with Crippen LogP contribution in [0.15, 0.2) is 0 Å². The van der Waals surface area contributed by atoms with Crippen molar-refractivity contribution in [1.29, 1.82) is 0 Å². The van der Waals surface area contributed by atoms with Gasteiger partial charge in [-0.3, -0.25) is 5.09 Å². The van der Waals surface area contributed by atoms with Gasteiger partial charge in [0.05, 0.1) is 0 Å². The molecule has 1 unspecified atom stereocenters.